The largest absolute Gasteiger partial charge is 0.411 e. The van der Waals surface area contributed by atoms with Gasteiger partial charge in [-0.2, -0.15) is 0 Å². The average molecular weight is 374 g/mol. The minimum absolute atomic E-state index is 0.00807. The van der Waals surface area contributed by atoms with Crippen LogP contribution < -0.4 is 5.56 Å². The molecule has 2 aliphatic heterocycles. The highest BCUT2D eigenvalue weighted by atomic mass is 16.6. The summed E-state index contributed by atoms with van der Waals surface area (Å²) in [5.41, 5.74) is 0.143. The molecule has 1 aromatic carbocycles. The first-order valence-corrected chi connectivity index (χ1v) is 8.85. The van der Waals surface area contributed by atoms with Gasteiger partial charge in [0.05, 0.1) is 23.4 Å². The van der Waals surface area contributed by atoms with Crippen molar-refractivity contribution in [3.63, 3.8) is 0 Å². The van der Waals surface area contributed by atoms with Crippen LogP contribution in [0.3, 0.4) is 0 Å². The standard InChI is InChI=1S/C21H14N2O5/c1-2-21(27)13-8-15-18-12(7-11-5-3-4-6-14(11)22-18)9-23(15)19(25)17(13)16(10-24)28-20(21)26/h3-8,27H,2,9H2,1H3/t21-/m0/s1. The molecule has 1 atom stereocenters. The molecule has 0 saturated heterocycles. The third-order valence-electron chi connectivity index (χ3n) is 5.48. The van der Waals surface area contributed by atoms with Crippen LogP contribution in [0.1, 0.15) is 30.0 Å². The second-order valence-electron chi connectivity index (χ2n) is 6.93. The summed E-state index contributed by atoms with van der Waals surface area (Å²) < 4.78 is 6.40. The van der Waals surface area contributed by atoms with Gasteiger partial charge in [-0.1, -0.05) is 25.1 Å². The van der Waals surface area contributed by atoms with Gasteiger partial charge >= 0.3 is 5.97 Å². The number of rotatable bonds is 1. The number of esters is 1. The zero-order valence-electron chi connectivity index (χ0n) is 14.9. The first-order chi connectivity index (χ1) is 13.5. The maximum Gasteiger partial charge on any atom is 0.348 e. The lowest BCUT2D eigenvalue weighted by atomic mass is 9.85. The van der Waals surface area contributed by atoms with Crippen LogP contribution in [0, 0.1) is 0 Å². The molecule has 0 spiro atoms. The Hall–Kier alpha value is -3.54. The van der Waals surface area contributed by atoms with Crippen LogP contribution in [0.2, 0.25) is 0 Å². The molecule has 0 bridgehead atoms. The van der Waals surface area contributed by atoms with E-state index in [1.54, 1.807) is 13.0 Å². The Morgan fingerprint density at radius 2 is 2.07 bits per heavy atom. The fourth-order valence-electron chi connectivity index (χ4n) is 3.96. The monoisotopic (exact) mass is 374 g/mol. The van der Waals surface area contributed by atoms with Gasteiger partial charge < -0.3 is 14.4 Å². The number of aromatic nitrogens is 2. The Balaban J connectivity index is 1.86. The summed E-state index contributed by atoms with van der Waals surface area (Å²) in [7, 11) is 0. The van der Waals surface area contributed by atoms with Crippen molar-refractivity contribution in [2.45, 2.75) is 25.5 Å². The third kappa shape index (κ3) is 1.97. The number of cyclic esters (lactones) is 1. The third-order valence-corrected chi connectivity index (χ3v) is 5.48. The number of carbonyl (C=O) groups is 1. The molecule has 138 valence electrons. The molecule has 4 heterocycles. The molecule has 28 heavy (non-hydrogen) atoms. The van der Waals surface area contributed by atoms with E-state index in [-0.39, 0.29) is 24.1 Å². The average Bonchev–Trinajstić information content (AvgIpc) is 3.07. The zero-order valence-corrected chi connectivity index (χ0v) is 14.9. The maximum absolute atomic E-state index is 13.2. The molecular formula is C21H14N2O5. The summed E-state index contributed by atoms with van der Waals surface area (Å²) in [5.74, 6) is 0.0317. The summed E-state index contributed by atoms with van der Waals surface area (Å²) in [6.45, 7) is 1.88. The minimum Gasteiger partial charge on any atom is -0.411 e. The molecule has 1 N–H and O–H groups in total. The summed E-state index contributed by atoms with van der Waals surface area (Å²) in [4.78, 5) is 41.5. The van der Waals surface area contributed by atoms with Crippen molar-refractivity contribution in [2.75, 3.05) is 0 Å². The number of ether oxygens (including phenoxy) is 1. The normalized spacial score (nSPS) is 19.6. The fraction of sp³-hybridized carbons (Fsp3) is 0.190. The number of fused-ring (bicyclic) bond motifs is 5. The molecule has 7 nitrogen and oxygen atoms in total. The van der Waals surface area contributed by atoms with Gasteiger partial charge in [0.1, 0.15) is 5.56 Å². The number of hydrogen-bond acceptors (Lipinski definition) is 6. The van der Waals surface area contributed by atoms with Crippen LogP contribution in [0.5, 0.6) is 0 Å². The predicted molar refractivity (Wildman–Crippen MR) is 99.9 cm³/mol. The molecule has 0 saturated carbocycles. The number of pyridine rings is 2. The Kier molecular flexibility index (Phi) is 3.25. The molecule has 3 aromatic rings. The maximum atomic E-state index is 13.2. The topological polar surface area (TPSA) is 98.5 Å². The van der Waals surface area contributed by atoms with Crippen LogP contribution in [0.25, 0.3) is 28.0 Å². The number of hydrogen-bond donors (Lipinski definition) is 1. The molecule has 0 amide bonds. The second kappa shape index (κ2) is 5.48. The van der Waals surface area contributed by atoms with Gasteiger partial charge in [-0.15, -0.1) is 0 Å². The van der Waals surface area contributed by atoms with E-state index in [2.05, 4.69) is 4.98 Å². The Labute approximate surface area is 158 Å². The molecule has 0 fully saturated rings. The number of para-hydroxylation sites is 1. The Morgan fingerprint density at radius 3 is 2.82 bits per heavy atom. The number of aliphatic hydroxyl groups is 1. The van der Waals surface area contributed by atoms with Crippen molar-refractivity contribution < 1.29 is 19.4 Å². The smallest absolute Gasteiger partial charge is 0.348 e. The molecule has 2 aromatic heterocycles. The summed E-state index contributed by atoms with van der Waals surface area (Å²) in [5, 5.41) is 11.9. The highest BCUT2D eigenvalue weighted by molar-refractivity contribution is 5.99. The lowest BCUT2D eigenvalue weighted by Gasteiger charge is -2.31. The molecule has 5 rings (SSSR count). The number of benzene rings is 1. The lowest BCUT2D eigenvalue weighted by molar-refractivity contribution is -0.161. The lowest BCUT2D eigenvalue weighted by Crippen LogP contribution is -2.44. The molecule has 0 radical (unpaired) electrons. The molecule has 7 heteroatoms. The van der Waals surface area contributed by atoms with Crippen LogP contribution >= 0.6 is 0 Å². The summed E-state index contributed by atoms with van der Waals surface area (Å²) in [6, 6.07) is 11.1. The summed E-state index contributed by atoms with van der Waals surface area (Å²) in [6.07, 6.45) is -0.00807. The van der Waals surface area contributed by atoms with E-state index in [1.165, 1.54) is 10.5 Å². The van der Waals surface area contributed by atoms with E-state index in [0.717, 1.165) is 16.5 Å². The Morgan fingerprint density at radius 1 is 1.29 bits per heavy atom. The first-order valence-electron chi connectivity index (χ1n) is 8.85. The van der Waals surface area contributed by atoms with Gasteiger partial charge in [-0.05, 0) is 24.6 Å². The second-order valence-corrected chi connectivity index (χ2v) is 6.93. The highest BCUT2D eigenvalue weighted by Crippen LogP contribution is 2.40. The number of carbonyl (C=O) groups excluding carboxylic acids is 2. The van der Waals surface area contributed by atoms with Crippen LogP contribution in [0.4, 0.5) is 0 Å². The van der Waals surface area contributed by atoms with Crippen molar-refractivity contribution in [3.8, 4) is 11.4 Å². The molecular weight excluding hydrogens is 360 g/mol. The van der Waals surface area contributed by atoms with Gasteiger partial charge in [0.15, 0.2) is 11.5 Å². The van der Waals surface area contributed by atoms with E-state index >= 15 is 0 Å². The van der Waals surface area contributed by atoms with Crippen LogP contribution in [-0.2, 0) is 26.5 Å². The van der Waals surface area contributed by atoms with E-state index in [0.29, 0.717) is 11.4 Å². The van der Waals surface area contributed by atoms with Crippen molar-refractivity contribution >= 4 is 28.6 Å². The van der Waals surface area contributed by atoms with E-state index in [9.17, 15) is 19.5 Å². The zero-order chi connectivity index (χ0) is 19.6. The van der Waals surface area contributed by atoms with E-state index in [1.807, 2.05) is 30.3 Å². The van der Waals surface area contributed by atoms with Gasteiger partial charge in [0.25, 0.3) is 5.56 Å². The molecule has 2 aliphatic rings. The summed E-state index contributed by atoms with van der Waals surface area (Å²) >= 11 is 0. The molecule has 0 aliphatic carbocycles. The van der Waals surface area contributed by atoms with Crippen molar-refractivity contribution in [3.05, 3.63) is 63.4 Å². The number of nitrogens with zero attached hydrogens (tertiary/aromatic N) is 2. The van der Waals surface area contributed by atoms with E-state index in [4.69, 9.17) is 4.74 Å². The van der Waals surface area contributed by atoms with Crippen molar-refractivity contribution in [1.82, 2.24) is 9.55 Å². The Bertz CT molecular complexity index is 1320. The quantitative estimate of drug-likeness (QED) is 0.403. The van der Waals surface area contributed by atoms with Gasteiger partial charge in [-0.25, -0.2) is 14.6 Å². The predicted octanol–water partition coefficient (Wildman–Crippen LogP) is 1.75. The van der Waals surface area contributed by atoms with Crippen molar-refractivity contribution in [1.29, 1.82) is 0 Å². The van der Waals surface area contributed by atoms with Gasteiger partial charge in [0.2, 0.25) is 5.76 Å². The SMILES string of the molecule is CC[C@@]1(O)C(=O)OC(=C=O)c2c1cc1n(c2=O)Cc2cc3ccccc3nc2-1. The van der Waals surface area contributed by atoms with E-state index < -0.39 is 22.9 Å². The van der Waals surface area contributed by atoms with Crippen molar-refractivity contribution in [2.24, 2.45) is 0 Å². The van der Waals surface area contributed by atoms with Crippen LogP contribution in [0.15, 0.2) is 41.2 Å². The molecule has 0 unspecified atom stereocenters. The first kappa shape index (κ1) is 16.6. The van der Waals surface area contributed by atoms with Gasteiger partial charge in [0, 0.05) is 16.5 Å². The fourth-order valence-corrected chi connectivity index (χ4v) is 3.96. The van der Waals surface area contributed by atoms with Gasteiger partial charge in [-0.3, -0.25) is 4.79 Å². The highest BCUT2D eigenvalue weighted by Gasteiger charge is 2.47. The minimum atomic E-state index is -2.01. The van der Waals surface area contributed by atoms with Crippen LogP contribution in [-0.4, -0.2) is 26.6 Å².